The van der Waals surface area contributed by atoms with Crippen molar-refractivity contribution >= 4 is 17.6 Å². The number of hydrogen-bond acceptors (Lipinski definition) is 4. The normalized spacial score (nSPS) is 19.8. The smallest absolute Gasteiger partial charge is 0.317 e. The van der Waals surface area contributed by atoms with Crippen molar-refractivity contribution in [1.29, 1.82) is 0 Å². The first-order chi connectivity index (χ1) is 12.7. The number of carbonyl (C=O) groups is 2. The maximum absolute atomic E-state index is 13.8. The first-order valence-electron chi connectivity index (χ1n) is 7.96. The summed E-state index contributed by atoms with van der Waals surface area (Å²) in [5, 5.41) is 1.71. The van der Waals surface area contributed by atoms with E-state index in [-0.39, 0.29) is 12.4 Å². The number of aromatic nitrogens is 1. The van der Waals surface area contributed by atoms with E-state index in [1.165, 1.54) is 12.4 Å². The van der Waals surface area contributed by atoms with Crippen LogP contribution in [-0.2, 0) is 16.1 Å². The van der Waals surface area contributed by atoms with Gasteiger partial charge in [0.1, 0.15) is 5.84 Å². The molecular weight excluding hydrogens is 361 g/mol. The van der Waals surface area contributed by atoms with Crippen LogP contribution in [0.3, 0.4) is 0 Å². The highest BCUT2D eigenvalue weighted by Gasteiger charge is 2.66. The zero-order valence-corrected chi connectivity index (χ0v) is 14.2. The molecule has 1 aromatic carbocycles. The van der Waals surface area contributed by atoms with Crippen LogP contribution in [0.2, 0.25) is 0 Å². The lowest BCUT2D eigenvalue weighted by atomic mass is 10.1. The lowest BCUT2D eigenvalue weighted by Gasteiger charge is -2.28. The number of alkyl halides is 3. The Morgan fingerprint density at radius 2 is 1.78 bits per heavy atom. The SMILES string of the molecule is CC(=O)N[C@@]1(C(F)(F)F)N=C(c2ccccc2)N(Cc2ccncc2)C1=O. The van der Waals surface area contributed by atoms with Crippen molar-refractivity contribution in [1.82, 2.24) is 15.2 Å². The summed E-state index contributed by atoms with van der Waals surface area (Å²) in [4.78, 5) is 32.8. The van der Waals surface area contributed by atoms with Crippen LogP contribution in [0.1, 0.15) is 18.1 Å². The van der Waals surface area contributed by atoms with E-state index in [0.29, 0.717) is 11.1 Å². The molecule has 6 nitrogen and oxygen atoms in total. The molecule has 1 aliphatic heterocycles. The Kier molecular flexibility index (Phi) is 4.69. The standard InChI is InChI=1S/C18H15F3N4O2/c1-12(26)23-17(18(19,20)21)16(27)25(11-13-7-9-22-10-8-13)15(24-17)14-5-3-2-4-6-14/h2-10H,11H2,1H3,(H,23,26)/t17-/m1/s1. The highest BCUT2D eigenvalue weighted by atomic mass is 19.4. The van der Waals surface area contributed by atoms with Crippen LogP contribution in [0.15, 0.2) is 59.9 Å². The Bertz CT molecular complexity index is 884. The van der Waals surface area contributed by atoms with Crippen molar-refractivity contribution in [3.8, 4) is 0 Å². The second-order valence-corrected chi connectivity index (χ2v) is 5.94. The molecule has 1 aliphatic rings. The Hall–Kier alpha value is -3.23. The quantitative estimate of drug-likeness (QED) is 0.890. The Morgan fingerprint density at radius 1 is 1.15 bits per heavy atom. The fourth-order valence-corrected chi connectivity index (χ4v) is 2.78. The summed E-state index contributed by atoms with van der Waals surface area (Å²) < 4.78 is 41.5. The Balaban J connectivity index is 2.13. The number of halogens is 3. The van der Waals surface area contributed by atoms with Gasteiger partial charge in [-0.15, -0.1) is 0 Å². The number of pyridine rings is 1. The average molecular weight is 376 g/mol. The van der Waals surface area contributed by atoms with Gasteiger partial charge in [0.2, 0.25) is 5.91 Å². The second-order valence-electron chi connectivity index (χ2n) is 5.94. The van der Waals surface area contributed by atoms with Gasteiger partial charge in [0.05, 0.1) is 6.54 Å². The van der Waals surface area contributed by atoms with Crippen LogP contribution >= 0.6 is 0 Å². The molecule has 0 fully saturated rings. The van der Waals surface area contributed by atoms with Gasteiger partial charge >= 0.3 is 11.8 Å². The van der Waals surface area contributed by atoms with Crippen LogP contribution in [0.4, 0.5) is 13.2 Å². The highest BCUT2D eigenvalue weighted by Crippen LogP contribution is 2.38. The summed E-state index contributed by atoms with van der Waals surface area (Å²) in [6, 6.07) is 11.2. The van der Waals surface area contributed by atoms with E-state index in [1.807, 2.05) is 0 Å². The van der Waals surface area contributed by atoms with E-state index in [4.69, 9.17) is 0 Å². The van der Waals surface area contributed by atoms with Gasteiger partial charge < -0.3 is 5.32 Å². The minimum atomic E-state index is -5.11. The molecule has 1 aromatic heterocycles. The van der Waals surface area contributed by atoms with E-state index < -0.39 is 23.7 Å². The van der Waals surface area contributed by atoms with Crippen molar-refractivity contribution in [3.63, 3.8) is 0 Å². The summed E-state index contributed by atoms with van der Waals surface area (Å²) in [6.45, 7) is 0.760. The summed E-state index contributed by atoms with van der Waals surface area (Å²) in [5.74, 6) is -2.54. The van der Waals surface area contributed by atoms with Crippen LogP contribution in [0, 0.1) is 0 Å². The van der Waals surface area contributed by atoms with Crippen molar-refractivity contribution < 1.29 is 22.8 Å². The molecule has 0 spiro atoms. The van der Waals surface area contributed by atoms with Gasteiger partial charge in [0.15, 0.2) is 0 Å². The number of amidine groups is 1. The molecule has 3 rings (SSSR count). The fourth-order valence-electron chi connectivity index (χ4n) is 2.78. The molecule has 1 N–H and O–H groups in total. The third kappa shape index (κ3) is 3.40. The largest absolute Gasteiger partial charge is 0.442 e. The molecule has 0 saturated carbocycles. The molecule has 140 valence electrons. The number of benzene rings is 1. The van der Waals surface area contributed by atoms with E-state index in [9.17, 15) is 22.8 Å². The summed E-state index contributed by atoms with van der Waals surface area (Å²) in [5.41, 5.74) is -2.45. The molecule has 0 radical (unpaired) electrons. The van der Waals surface area contributed by atoms with Gasteiger partial charge in [-0.05, 0) is 17.7 Å². The van der Waals surface area contributed by atoms with E-state index in [2.05, 4.69) is 9.98 Å². The zero-order valence-electron chi connectivity index (χ0n) is 14.2. The van der Waals surface area contributed by atoms with Crippen molar-refractivity contribution in [2.24, 2.45) is 4.99 Å². The maximum atomic E-state index is 13.8. The molecule has 0 aliphatic carbocycles. The average Bonchev–Trinajstić information content (AvgIpc) is 2.90. The number of aliphatic imine (C=N–C) groups is 1. The summed E-state index contributed by atoms with van der Waals surface area (Å²) in [6.07, 6.45) is -2.16. The topological polar surface area (TPSA) is 74.7 Å². The minimum Gasteiger partial charge on any atom is -0.317 e. The molecule has 9 heteroatoms. The van der Waals surface area contributed by atoms with Crippen LogP contribution in [0.25, 0.3) is 0 Å². The van der Waals surface area contributed by atoms with Gasteiger partial charge in [-0.3, -0.25) is 19.5 Å². The van der Waals surface area contributed by atoms with Crippen LogP contribution < -0.4 is 5.32 Å². The maximum Gasteiger partial charge on any atom is 0.442 e. The van der Waals surface area contributed by atoms with Crippen LogP contribution in [0.5, 0.6) is 0 Å². The first kappa shape index (κ1) is 18.6. The van der Waals surface area contributed by atoms with Crippen molar-refractivity contribution in [2.45, 2.75) is 25.3 Å². The van der Waals surface area contributed by atoms with Crippen LogP contribution in [-0.4, -0.2) is 39.4 Å². The minimum absolute atomic E-state index is 0.146. The van der Waals surface area contributed by atoms with Crippen molar-refractivity contribution in [3.05, 3.63) is 66.0 Å². The number of amides is 2. The van der Waals surface area contributed by atoms with Gasteiger partial charge in [-0.1, -0.05) is 30.3 Å². The molecule has 1 atom stereocenters. The second kappa shape index (κ2) is 6.82. The van der Waals surface area contributed by atoms with E-state index in [1.54, 1.807) is 47.8 Å². The number of rotatable bonds is 4. The van der Waals surface area contributed by atoms with Gasteiger partial charge in [-0.2, -0.15) is 13.2 Å². The van der Waals surface area contributed by atoms with E-state index in [0.717, 1.165) is 11.8 Å². The fraction of sp³-hybridized carbons (Fsp3) is 0.222. The number of carbonyl (C=O) groups excluding carboxylic acids is 2. The third-order valence-electron chi connectivity index (χ3n) is 3.97. The first-order valence-corrected chi connectivity index (χ1v) is 7.96. The number of nitrogens with zero attached hydrogens (tertiary/aromatic N) is 3. The molecule has 27 heavy (non-hydrogen) atoms. The lowest BCUT2D eigenvalue weighted by Crippen LogP contribution is -2.62. The molecule has 2 heterocycles. The molecule has 2 amide bonds. The zero-order chi connectivity index (χ0) is 19.7. The van der Waals surface area contributed by atoms with Gasteiger partial charge in [-0.25, -0.2) is 4.99 Å². The third-order valence-corrected chi connectivity index (χ3v) is 3.97. The predicted octanol–water partition coefficient (Wildman–Crippen LogP) is 2.27. The molecule has 0 bridgehead atoms. The highest BCUT2D eigenvalue weighted by molar-refractivity contribution is 6.16. The number of hydrogen-bond donors (Lipinski definition) is 1. The lowest BCUT2D eigenvalue weighted by molar-refractivity contribution is -0.200. The van der Waals surface area contributed by atoms with Gasteiger partial charge in [0.25, 0.3) is 5.91 Å². The monoisotopic (exact) mass is 376 g/mol. The Labute approximate surface area is 152 Å². The van der Waals surface area contributed by atoms with Crippen molar-refractivity contribution in [2.75, 3.05) is 0 Å². The summed E-state index contributed by atoms with van der Waals surface area (Å²) in [7, 11) is 0. The molecule has 0 saturated heterocycles. The molecular formula is C18H15F3N4O2. The van der Waals surface area contributed by atoms with Gasteiger partial charge in [0, 0.05) is 24.9 Å². The Morgan fingerprint density at radius 3 is 2.33 bits per heavy atom. The number of nitrogens with one attached hydrogen (secondary N) is 1. The van der Waals surface area contributed by atoms with E-state index >= 15 is 0 Å². The molecule has 2 aromatic rings. The summed E-state index contributed by atoms with van der Waals surface area (Å²) >= 11 is 0. The predicted molar refractivity (Wildman–Crippen MR) is 90.4 cm³/mol. The molecule has 0 unspecified atom stereocenters.